The Morgan fingerprint density at radius 3 is 2.69 bits per heavy atom. The first-order valence-electron chi connectivity index (χ1n) is 4.87. The largest absolute Gasteiger partial charge is 0.439 e. The smallest absolute Gasteiger partial charge is 0.219 e. The summed E-state index contributed by atoms with van der Waals surface area (Å²) in [7, 11) is 0. The fourth-order valence-electron chi connectivity index (χ4n) is 1.28. The topological polar surface area (TPSA) is 48.1 Å². The molecule has 2 N–H and O–H groups in total. The molecule has 16 heavy (non-hydrogen) atoms. The number of pyridine rings is 1. The Morgan fingerprint density at radius 1 is 1.25 bits per heavy atom. The summed E-state index contributed by atoms with van der Waals surface area (Å²) < 4.78 is 5.55. The SMILES string of the molecule is NCc1cc(Oc2ccccc2)ncc1Cl. The number of hydrogen-bond acceptors (Lipinski definition) is 3. The van der Waals surface area contributed by atoms with Crippen molar-refractivity contribution in [2.24, 2.45) is 5.73 Å². The van der Waals surface area contributed by atoms with Crippen molar-refractivity contribution in [1.29, 1.82) is 0 Å². The highest BCUT2D eigenvalue weighted by atomic mass is 35.5. The van der Waals surface area contributed by atoms with Crippen LogP contribution >= 0.6 is 11.6 Å². The minimum Gasteiger partial charge on any atom is -0.439 e. The molecule has 2 rings (SSSR count). The van der Waals surface area contributed by atoms with E-state index in [1.54, 1.807) is 12.3 Å². The monoisotopic (exact) mass is 234 g/mol. The van der Waals surface area contributed by atoms with E-state index >= 15 is 0 Å². The lowest BCUT2D eigenvalue weighted by atomic mass is 10.2. The van der Waals surface area contributed by atoms with E-state index in [2.05, 4.69) is 4.98 Å². The van der Waals surface area contributed by atoms with Gasteiger partial charge in [-0.05, 0) is 17.7 Å². The molecule has 0 atom stereocenters. The van der Waals surface area contributed by atoms with Gasteiger partial charge in [0, 0.05) is 18.8 Å². The minimum absolute atomic E-state index is 0.368. The van der Waals surface area contributed by atoms with Crippen molar-refractivity contribution in [2.75, 3.05) is 0 Å². The second-order valence-corrected chi connectivity index (χ2v) is 3.64. The molecule has 0 spiro atoms. The predicted octanol–water partition coefficient (Wildman–Crippen LogP) is 2.99. The summed E-state index contributed by atoms with van der Waals surface area (Å²) in [6, 6.07) is 11.2. The van der Waals surface area contributed by atoms with Crippen molar-refractivity contribution in [1.82, 2.24) is 4.98 Å². The van der Waals surface area contributed by atoms with Gasteiger partial charge in [-0.3, -0.25) is 0 Å². The third-order valence-electron chi connectivity index (χ3n) is 2.10. The van der Waals surface area contributed by atoms with E-state index in [-0.39, 0.29) is 0 Å². The first-order valence-corrected chi connectivity index (χ1v) is 5.25. The standard InChI is InChI=1S/C12H11ClN2O/c13-11-8-15-12(6-9(11)7-14)16-10-4-2-1-3-5-10/h1-6,8H,7,14H2. The average molecular weight is 235 g/mol. The van der Waals surface area contributed by atoms with Crippen molar-refractivity contribution >= 4 is 11.6 Å². The molecule has 0 aliphatic rings. The van der Waals surface area contributed by atoms with Gasteiger partial charge in [0.2, 0.25) is 5.88 Å². The maximum absolute atomic E-state index is 5.90. The second kappa shape index (κ2) is 4.96. The number of hydrogen-bond donors (Lipinski definition) is 1. The highest BCUT2D eigenvalue weighted by Crippen LogP contribution is 2.23. The van der Waals surface area contributed by atoms with Gasteiger partial charge >= 0.3 is 0 Å². The Morgan fingerprint density at radius 2 is 2.00 bits per heavy atom. The highest BCUT2D eigenvalue weighted by molar-refractivity contribution is 6.31. The van der Waals surface area contributed by atoms with Gasteiger partial charge in [0.1, 0.15) is 5.75 Å². The van der Waals surface area contributed by atoms with Crippen LogP contribution in [0.5, 0.6) is 11.6 Å². The van der Waals surface area contributed by atoms with Gasteiger partial charge in [-0.25, -0.2) is 4.98 Å². The third kappa shape index (κ3) is 2.51. The molecule has 0 amide bonds. The van der Waals surface area contributed by atoms with E-state index < -0.39 is 0 Å². The molecule has 0 saturated carbocycles. The molecule has 0 bridgehead atoms. The lowest BCUT2D eigenvalue weighted by Gasteiger charge is -2.06. The average Bonchev–Trinajstić information content (AvgIpc) is 2.33. The summed E-state index contributed by atoms with van der Waals surface area (Å²) >= 11 is 5.90. The zero-order valence-electron chi connectivity index (χ0n) is 8.56. The number of halogens is 1. The van der Waals surface area contributed by atoms with E-state index in [0.717, 1.165) is 11.3 Å². The molecule has 3 nitrogen and oxygen atoms in total. The number of rotatable bonds is 3. The maximum atomic E-state index is 5.90. The zero-order valence-corrected chi connectivity index (χ0v) is 9.32. The lowest BCUT2D eigenvalue weighted by Crippen LogP contribution is -1.98. The molecule has 1 aromatic carbocycles. The summed E-state index contributed by atoms with van der Waals surface area (Å²) in [5, 5.41) is 0.558. The summed E-state index contributed by atoms with van der Waals surface area (Å²) in [5.41, 5.74) is 6.37. The molecular weight excluding hydrogens is 224 g/mol. The van der Waals surface area contributed by atoms with Crippen LogP contribution in [-0.4, -0.2) is 4.98 Å². The van der Waals surface area contributed by atoms with E-state index in [0.29, 0.717) is 17.4 Å². The van der Waals surface area contributed by atoms with Gasteiger partial charge in [-0.1, -0.05) is 29.8 Å². The minimum atomic E-state index is 0.368. The molecule has 0 saturated heterocycles. The number of para-hydroxylation sites is 1. The van der Waals surface area contributed by atoms with Crippen LogP contribution in [0.4, 0.5) is 0 Å². The summed E-state index contributed by atoms with van der Waals surface area (Å²) in [4.78, 5) is 4.07. The molecule has 0 fully saturated rings. The van der Waals surface area contributed by atoms with Crippen LogP contribution in [0.3, 0.4) is 0 Å². The molecule has 0 aliphatic carbocycles. The van der Waals surface area contributed by atoms with Crippen molar-refractivity contribution in [3.05, 3.63) is 53.2 Å². The number of benzene rings is 1. The number of nitrogens with two attached hydrogens (primary N) is 1. The number of ether oxygens (including phenoxy) is 1. The van der Waals surface area contributed by atoms with Gasteiger partial charge in [-0.2, -0.15) is 0 Å². The van der Waals surface area contributed by atoms with Crippen molar-refractivity contribution < 1.29 is 4.74 Å². The van der Waals surface area contributed by atoms with Crippen LogP contribution in [0.2, 0.25) is 5.02 Å². The van der Waals surface area contributed by atoms with E-state index in [1.807, 2.05) is 30.3 Å². The Hall–Kier alpha value is -1.58. The van der Waals surface area contributed by atoms with Crippen LogP contribution in [-0.2, 0) is 6.54 Å². The first-order chi connectivity index (χ1) is 7.79. The zero-order chi connectivity index (χ0) is 11.4. The highest BCUT2D eigenvalue weighted by Gasteiger charge is 2.03. The Kier molecular flexibility index (Phi) is 3.39. The second-order valence-electron chi connectivity index (χ2n) is 3.23. The molecule has 4 heteroatoms. The molecule has 0 aliphatic heterocycles. The van der Waals surface area contributed by atoms with Crippen molar-refractivity contribution in [3.8, 4) is 11.6 Å². The van der Waals surface area contributed by atoms with E-state index in [1.165, 1.54) is 0 Å². The van der Waals surface area contributed by atoms with Crippen LogP contribution in [0.25, 0.3) is 0 Å². The van der Waals surface area contributed by atoms with Gasteiger partial charge in [0.25, 0.3) is 0 Å². The summed E-state index contributed by atoms with van der Waals surface area (Å²) in [6.07, 6.45) is 1.54. The first kappa shape index (κ1) is 10.9. The van der Waals surface area contributed by atoms with Crippen LogP contribution in [0.15, 0.2) is 42.6 Å². The van der Waals surface area contributed by atoms with Crippen LogP contribution < -0.4 is 10.5 Å². The van der Waals surface area contributed by atoms with Gasteiger partial charge in [0.05, 0.1) is 5.02 Å². The molecular formula is C12H11ClN2O. The maximum Gasteiger partial charge on any atom is 0.219 e. The lowest BCUT2D eigenvalue weighted by molar-refractivity contribution is 0.462. The van der Waals surface area contributed by atoms with Crippen molar-refractivity contribution in [2.45, 2.75) is 6.54 Å². The Bertz CT molecular complexity index is 474. The van der Waals surface area contributed by atoms with Gasteiger partial charge in [0.15, 0.2) is 0 Å². The summed E-state index contributed by atoms with van der Waals surface area (Å²) in [5.74, 6) is 1.23. The van der Waals surface area contributed by atoms with Crippen molar-refractivity contribution in [3.63, 3.8) is 0 Å². The Labute approximate surface area is 98.8 Å². The fraction of sp³-hybridized carbons (Fsp3) is 0.0833. The predicted molar refractivity (Wildman–Crippen MR) is 63.7 cm³/mol. The van der Waals surface area contributed by atoms with Gasteiger partial charge in [-0.15, -0.1) is 0 Å². The third-order valence-corrected chi connectivity index (χ3v) is 2.44. The molecule has 0 unspecified atom stereocenters. The van der Waals surface area contributed by atoms with Crippen LogP contribution in [0, 0.1) is 0 Å². The quantitative estimate of drug-likeness (QED) is 0.888. The van der Waals surface area contributed by atoms with Gasteiger partial charge < -0.3 is 10.5 Å². The summed E-state index contributed by atoms with van der Waals surface area (Å²) in [6.45, 7) is 0.368. The van der Waals surface area contributed by atoms with E-state index in [4.69, 9.17) is 22.1 Å². The molecule has 82 valence electrons. The fourth-order valence-corrected chi connectivity index (χ4v) is 1.46. The molecule has 1 aromatic heterocycles. The molecule has 0 radical (unpaired) electrons. The van der Waals surface area contributed by atoms with E-state index in [9.17, 15) is 0 Å². The normalized spacial score (nSPS) is 10.1. The van der Waals surface area contributed by atoms with Crippen LogP contribution in [0.1, 0.15) is 5.56 Å². The molecule has 2 aromatic rings. The Balaban J connectivity index is 2.22. The number of nitrogens with zero attached hydrogens (tertiary/aromatic N) is 1. The molecule has 1 heterocycles. The number of aromatic nitrogens is 1.